The van der Waals surface area contributed by atoms with Gasteiger partial charge in [-0.25, -0.2) is 4.98 Å². The molecule has 0 saturated carbocycles. The van der Waals surface area contributed by atoms with Gasteiger partial charge in [0.2, 0.25) is 0 Å². The number of thioether (sulfide) groups is 1. The molecule has 8 heteroatoms. The summed E-state index contributed by atoms with van der Waals surface area (Å²) in [6.45, 7) is 2.02. The lowest BCUT2D eigenvalue weighted by atomic mass is 10.0. The molecule has 1 heterocycles. The van der Waals surface area contributed by atoms with Gasteiger partial charge in [-0.1, -0.05) is 24.6 Å². The van der Waals surface area contributed by atoms with Gasteiger partial charge in [-0.15, -0.1) is 23.1 Å². The maximum Gasteiger partial charge on any atom is 0.416 e. The van der Waals surface area contributed by atoms with E-state index in [9.17, 15) is 18.0 Å². The highest BCUT2D eigenvalue weighted by Crippen LogP contribution is 2.40. The number of nitrogens with zero attached hydrogens (tertiary/aromatic N) is 1. The molecule has 180 valence electrons. The third-order valence-electron chi connectivity index (χ3n) is 6.15. The molecule has 0 spiro atoms. The van der Waals surface area contributed by atoms with Gasteiger partial charge in [0.15, 0.2) is 0 Å². The first-order chi connectivity index (χ1) is 16.2. The average molecular weight is 506 g/mol. The number of aryl methyl sites for hydroxylation is 3. The third-order valence-corrected chi connectivity index (χ3v) is 8.49. The molecule has 0 amide bonds. The number of carboxylic acids is 1. The number of halogens is 3. The number of thiazole rings is 1. The van der Waals surface area contributed by atoms with Gasteiger partial charge in [0, 0.05) is 33.4 Å². The van der Waals surface area contributed by atoms with Crippen molar-refractivity contribution in [3.05, 3.63) is 69.7 Å². The van der Waals surface area contributed by atoms with Crippen LogP contribution >= 0.6 is 23.1 Å². The van der Waals surface area contributed by atoms with Crippen molar-refractivity contribution in [1.82, 2.24) is 4.98 Å². The lowest BCUT2D eigenvalue weighted by Crippen LogP contribution is -2.04. The van der Waals surface area contributed by atoms with Crippen LogP contribution in [0.1, 0.15) is 58.9 Å². The van der Waals surface area contributed by atoms with E-state index in [0.29, 0.717) is 12.3 Å². The topological polar surface area (TPSA) is 50.2 Å². The lowest BCUT2D eigenvalue weighted by Gasteiger charge is -2.14. The SMILES string of the molecule is Cc1cc(SC[C@@H]2CCCCc3sc(-c4ccc(C(F)(F)F)cc4)nc32)ccc1CCC(=O)O. The van der Waals surface area contributed by atoms with Gasteiger partial charge in [-0.3, -0.25) is 4.79 Å². The van der Waals surface area contributed by atoms with Crippen LogP contribution in [0, 0.1) is 6.92 Å². The molecule has 3 aromatic rings. The van der Waals surface area contributed by atoms with Gasteiger partial charge >= 0.3 is 12.1 Å². The molecule has 0 radical (unpaired) electrons. The van der Waals surface area contributed by atoms with Gasteiger partial charge in [0.25, 0.3) is 0 Å². The maximum absolute atomic E-state index is 12.9. The van der Waals surface area contributed by atoms with Crippen LogP contribution in [-0.2, 0) is 23.8 Å². The molecule has 0 saturated heterocycles. The zero-order valence-corrected chi connectivity index (χ0v) is 20.5. The number of aromatic nitrogens is 1. The number of hydrogen-bond donors (Lipinski definition) is 1. The Kier molecular flexibility index (Phi) is 7.67. The van der Waals surface area contributed by atoms with Crippen LogP contribution < -0.4 is 0 Å². The summed E-state index contributed by atoms with van der Waals surface area (Å²) in [4.78, 5) is 18.2. The van der Waals surface area contributed by atoms with Crippen LogP contribution in [0.4, 0.5) is 13.2 Å². The van der Waals surface area contributed by atoms with Crippen LogP contribution in [-0.4, -0.2) is 21.8 Å². The van der Waals surface area contributed by atoms with E-state index < -0.39 is 17.7 Å². The molecule has 0 unspecified atom stereocenters. The number of rotatable bonds is 7. The number of carbonyl (C=O) groups is 1. The Hall–Kier alpha value is -2.32. The van der Waals surface area contributed by atoms with Gasteiger partial charge < -0.3 is 5.11 Å². The second-order valence-corrected chi connectivity index (χ2v) is 10.8. The molecular weight excluding hydrogens is 479 g/mol. The summed E-state index contributed by atoms with van der Waals surface area (Å²) in [5.74, 6) is 0.395. The summed E-state index contributed by atoms with van der Waals surface area (Å²) in [5, 5.41) is 9.70. The standard InChI is InChI=1S/C26H26F3NO2S2/c1-16-14-21(12-8-17(16)9-13-23(31)32)33-15-19-4-2-3-5-22-24(19)30-25(34-22)18-6-10-20(11-7-18)26(27,28)29/h6-8,10-12,14,19H,2-5,9,13,15H2,1H3,(H,31,32)/t19-/m0/s1. The van der Waals surface area contributed by atoms with Crippen LogP contribution in [0.3, 0.4) is 0 Å². The van der Waals surface area contributed by atoms with Crippen molar-refractivity contribution in [3.8, 4) is 10.6 Å². The molecule has 0 fully saturated rings. The van der Waals surface area contributed by atoms with E-state index in [-0.39, 0.29) is 6.42 Å². The normalized spacial score (nSPS) is 16.2. The summed E-state index contributed by atoms with van der Waals surface area (Å²) < 4.78 is 38.7. The smallest absolute Gasteiger partial charge is 0.416 e. The second-order valence-electron chi connectivity index (χ2n) is 8.64. The van der Waals surface area contributed by atoms with Crippen molar-refractivity contribution in [2.24, 2.45) is 0 Å². The monoisotopic (exact) mass is 505 g/mol. The summed E-state index contributed by atoms with van der Waals surface area (Å²) >= 11 is 3.38. The molecule has 0 bridgehead atoms. The number of fused-ring (bicyclic) bond motifs is 1. The highest BCUT2D eigenvalue weighted by molar-refractivity contribution is 7.99. The van der Waals surface area contributed by atoms with Crippen LogP contribution in [0.15, 0.2) is 47.4 Å². The Bertz CT molecular complexity index is 1160. The summed E-state index contributed by atoms with van der Waals surface area (Å²) in [6.07, 6.45) is 0.565. The second kappa shape index (κ2) is 10.5. The minimum Gasteiger partial charge on any atom is -0.481 e. The summed E-state index contributed by atoms with van der Waals surface area (Å²) in [6, 6.07) is 11.5. The van der Waals surface area contributed by atoms with E-state index in [1.54, 1.807) is 23.1 Å². The van der Waals surface area contributed by atoms with Gasteiger partial charge in [-0.2, -0.15) is 13.2 Å². The van der Waals surface area contributed by atoms with Crippen LogP contribution in [0.5, 0.6) is 0 Å². The van der Waals surface area contributed by atoms with E-state index in [4.69, 9.17) is 10.1 Å². The first-order valence-corrected chi connectivity index (χ1v) is 13.1. The highest BCUT2D eigenvalue weighted by Gasteiger charge is 2.30. The van der Waals surface area contributed by atoms with Crippen molar-refractivity contribution in [2.75, 3.05) is 5.75 Å². The Labute approximate surface area is 205 Å². The van der Waals surface area contributed by atoms with E-state index in [2.05, 4.69) is 12.1 Å². The van der Waals surface area contributed by atoms with E-state index in [1.807, 2.05) is 13.0 Å². The quantitative estimate of drug-likeness (QED) is 0.263. The molecule has 1 aliphatic rings. The summed E-state index contributed by atoms with van der Waals surface area (Å²) in [7, 11) is 0. The van der Waals surface area contributed by atoms with Crippen molar-refractivity contribution in [2.45, 2.75) is 62.4 Å². The minimum absolute atomic E-state index is 0.128. The first-order valence-electron chi connectivity index (χ1n) is 11.3. The van der Waals surface area contributed by atoms with Gasteiger partial charge in [-0.05, 0) is 68.0 Å². The molecule has 1 aromatic heterocycles. The Morgan fingerprint density at radius 1 is 1.18 bits per heavy atom. The number of alkyl halides is 3. The van der Waals surface area contributed by atoms with E-state index in [0.717, 1.165) is 75.9 Å². The molecular formula is C26H26F3NO2S2. The van der Waals surface area contributed by atoms with E-state index in [1.165, 1.54) is 17.0 Å². The molecule has 4 rings (SSSR count). The fourth-order valence-corrected chi connectivity index (χ4v) is 6.58. The first kappa shape index (κ1) is 24.8. The molecule has 0 aliphatic heterocycles. The molecule has 34 heavy (non-hydrogen) atoms. The number of hydrogen-bond acceptors (Lipinski definition) is 4. The van der Waals surface area contributed by atoms with E-state index >= 15 is 0 Å². The molecule has 1 atom stereocenters. The van der Waals surface area contributed by atoms with Crippen LogP contribution in [0.2, 0.25) is 0 Å². The Balaban J connectivity index is 1.48. The van der Waals surface area contributed by atoms with Crippen molar-refractivity contribution in [1.29, 1.82) is 0 Å². The lowest BCUT2D eigenvalue weighted by molar-refractivity contribution is -0.138. The predicted octanol–water partition coefficient (Wildman–Crippen LogP) is 7.76. The maximum atomic E-state index is 12.9. The van der Waals surface area contributed by atoms with Gasteiger partial charge in [0.1, 0.15) is 5.01 Å². The highest BCUT2D eigenvalue weighted by atomic mass is 32.2. The Morgan fingerprint density at radius 3 is 2.62 bits per heavy atom. The fourth-order valence-electron chi connectivity index (χ4n) is 4.24. The number of carboxylic acid groups (broad SMARTS) is 1. The average Bonchev–Trinajstić information content (AvgIpc) is 3.12. The van der Waals surface area contributed by atoms with Crippen molar-refractivity contribution in [3.63, 3.8) is 0 Å². The number of benzene rings is 2. The zero-order chi connectivity index (χ0) is 24.3. The molecule has 2 aromatic carbocycles. The molecule has 1 aliphatic carbocycles. The molecule has 3 nitrogen and oxygen atoms in total. The number of aliphatic carboxylic acids is 1. The summed E-state index contributed by atoms with van der Waals surface area (Å²) in [5.41, 5.74) is 3.34. The predicted molar refractivity (Wildman–Crippen MR) is 131 cm³/mol. The largest absolute Gasteiger partial charge is 0.481 e. The fraction of sp³-hybridized carbons (Fsp3) is 0.385. The minimum atomic E-state index is -4.34. The zero-order valence-electron chi connectivity index (χ0n) is 18.8. The van der Waals surface area contributed by atoms with Gasteiger partial charge in [0.05, 0.1) is 11.3 Å². The van der Waals surface area contributed by atoms with Crippen molar-refractivity contribution >= 4 is 29.1 Å². The third kappa shape index (κ3) is 6.02. The van der Waals surface area contributed by atoms with Crippen molar-refractivity contribution < 1.29 is 23.1 Å². The Morgan fingerprint density at radius 2 is 1.94 bits per heavy atom. The molecule has 1 N–H and O–H groups in total. The van der Waals surface area contributed by atoms with Crippen LogP contribution in [0.25, 0.3) is 10.6 Å².